The van der Waals surface area contributed by atoms with Gasteiger partial charge < -0.3 is 5.32 Å². The largest absolute Gasteiger partial charge is 0.311 e. The van der Waals surface area contributed by atoms with Gasteiger partial charge in [0.25, 0.3) is 0 Å². The van der Waals surface area contributed by atoms with Gasteiger partial charge in [-0.15, -0.1) is 0 Å². The number of halogens is 1. The summed E-state index contributed by atoms with van der Waals surface area (Å²) < 4.78 is 0. The zero-order valence-corrected chi connectivity index (χ0v) is 13.0. The first-order valence-electron chi connectivity index (χ1n) is 7.32. The third kappa shape index (κ3) is 4.20. The van der Waals surface area contributed by atoms with Crippen molar-refractivity contribution in [1.29, 1.82) is 0 Å². The van der Waals surface area contributed by atoms with Gasteiger partial charge in [0.1, 0.15) is 0 Å². The predicted octanol–water partition coefficient (Wildman–Crippen LogP) is 3.86. The Balaban J connectivity index is 1.98. The van der Waals surface area contributed by atoms with Crippen molar-refractivity contribution in [2.75, 3.05) is 13.1 Å². The van der Waals surface area contributed by atoms with E-state index in [1.54, 1.807) is 0 Å². The van der Waals surface area contributed by atoms with E-state index < -0.39 is 0 Å². The monoisotopic (exact) mass is 280 g/mol. The summed E-state index contributed by atoms with van der Waals surface area (Å²) in [5, 5.41) is 4.48. The molecule has 1 saturated heterocycles. The van der Waals surface area contributed by atoms with Crippen molar-refractivity contribution in [2.45, 2.75) is 51.7 Å². The minimum absolute atomic E-state index is 0.467. The van der Waals surface area contributed by atoms with Crippen LogP contribution in [0.4, 0.5) is 0 Å². The lowest BCUT2D eigenvalue weighted by molar-refractivity contribution is 0.142. The molecule has 0 aliphatic carbocycles. The number of piperidine rings is 1. The van der Waals surface area contributed by atoms with E-state index in [0.29, 0.717) is 18.1 Å². The summed E-state index contributed by atoms with van der Waals surface area (Å²) >= 11 is 5.96. The topological polar surface area (TPSA) is 15.3 Å². The van der Waals surface area contributed by atoms with Crippen LogP contribution in [-0.2, 0) is 0 Å². The number of hydrogen-bond acceptors (Lipinski definition) is 2. The first-order chi connectivity index (χ1) is 9.06. The molecule has 1 aromatic carbocycles. The van der Waals surface area contributed by atoms with Crippen LogP contribution in [0.3, 0.4) is 0 Å². The van der Waals surface area contributed by atoms with E-state index in [1.165, 1.54) is 24.9 Å². The Morgan fingerprint density at radius 2 is 1.89 bits per heavy atom. The highest BCUT2D eigenvalue weighted by atomic mass is 35.5. The fraction of sp³-hybridized carbons (Fsp3) is 0.625. The standard InChI is InChI=1S/C16H25ClN2/c1-12(2)18-16-5-4-10-19(11-16)13(3)14-6-8-15(17)9-7-14/h6-9,12-13,16,18H,4-5,10-11H2,1-3H3. The minimum Gasteiger partial charge on any atom is -0.311 e. The molecule has 1 heterocycles. The van der Waals surface area contributed by atoms with E-state index in [2.05, 4.69) is 43.1 Å². The number of benzene rings is 1. The van der Waals surface area contributed by atoms with Gasteiger partial charge in [-0.2, -0.15) is 0 Å². The van der Waals surface area contributed by atoms with E-state index in [1.807, 2.05) is 12.1 Å². The molecule has 1 aliphatic rings. The zero-order chi connectivity index (χ0) is 13.8. The smallest absolute Gasteiger partial charge is 0.0406 e. The van der Waals surface area contributed by atoms with Gasteiger partial charge in [0.2, 0.25) is 0 Å². The van der Waals surface area contributed by atoms with Crippen LogP contribution in [-0.4, -0.2) is 30.1 Å². The summed E-state index contributed by atoms with van der Waals surface area (Å²) in [7, 11) is 0. The van der Waals surface area contributed by atoms with Gasteiger partial charge in [-0.05, 0) is 44.0 Å². The Morgan fingerprint density at radius 1 is 1.21 bits per heavy atom. The zero-order valence-electron chi connectivity index (χ0n) is 12.2. The maximum Gasteiger partial charge on any atom is 0.0406 e. The molecule has 1 aliphatic heterocycles. The molecule has 0 amide bonds. The molecule has 2 atom stereocenters. The molecule has 2 nitrogen and oxygen atoms in total. The van der Waals surface area contributed by atoms with Crippen molar-refractivity contribution in [1.82, 2.24) is 10.2 Å². The fourth-order valence-corrected chi connectivity index (χ4v) is 3.04. The third-order valence-electron chi connectivity index (χ3n) is 3.92. The van der Waals surface area contributed by atoms with Crippen molar-refractivity contribution in [3.8, 4) is 0 Å². The second-order valence-corrected chi connectivity index (χ2v) is 6.32. The molecule has 2 rings (SSSR count). The van der Waals surface area contributed by atoms with Gasteiger partial charge in [-0.1, -0.05) is 37.6 Å². The first-order valence-corrected chi connectivity index (χ1v) is 7.69. The summed E-state index contributed by atoms with van der Waals surface area (Å²) in [6, 6.07) is 9.93. The third-order valence-corrected chi connectivity index (χ3v) is 4.17. The Kier molecular flexibility index (Phi) is 5.26. The van der Waals surface area contributed by atoms with E-state index in [4.69, 9.17) is 11.6 Å². The molecule has 0 radical (unpaired) electrons. The molecule has 0 saturated carbocycles. The summed E-state index contributed by atoms with van der Waals surface area (Å²) in [4.78, 5) is 2.58. The molecule has 1 fully saturated rings. The molecule has 2 unspecified atom stereocenters. The predicted molar refractivity (Wildman–Crippen MR) is 82.7 cm³/mol. The SMILES string of the molecule is CC(C)NC1CCCN(C(C)c2ccc(Cl)cc2)C1. The normalized spacial score (nSPS) is 22.7. The quantitative estimate of drug-likeness (QED) is 0.901. The molecular formula is C16H25ClN2. The van der Waals surface area contributed by atoms with Crippen molar-refractivity contribution >= 4 is 11.6 Å². The minimum atomic E-state index is 0.467. The Bertz CT molecular complexity index is 388. The summed E-state index contributed by atoms with van der Waals surface area (Å²) in [5.74, 6) is 0. The van der Waals surface area contributed by atoms with Crippen LogP contribution >= 0.6 is 11.6 Å². The highest BCUT2D eigenvalue weighted by Crippen LogP contribution is 2.25. The van der Waals surface area contributed by atoms with Gasteiger partial charge in [0, 0.05) is 29.7 Å². The van der Waals surface area contributed by atoms with Gasteiger partial charge in [-0.25, -0.2) is 0 Å². The maximum absolute atomic E-state index is 5.96. The fourth-order valence-electron chi connectivity index (χ4n) is 2.92. The molecule has 1 N–H and O–H groups in total. The van der Waals surface area contributed by atoms with Crippen molar-refractivity contribution in [2.24, 2.45) is 0 Å². The molecule has 0 spiro atoms. The van der Waals surface area contributed by atoms with Gasteiger partial charge in [0.05, 0.1) is 0 Å². The lowest BCUT2D eigenvalue weighted by atomic mass is 10.00. The highest BCUT2D eigenvalue weighted by molar-refractivity contribution is 6.30. The summed E-state index contributed by atoms with van der Waals surface area (Å²) in [6.45, 7) is 9.08. The van der Waals surface area contributed by atoms with Gasteiger partial charge in [0.15, 0.2) is 0 Å². The lowest BCUT2D eigenvalue weighted by Crippen LogP contribution is -2.48. The van der Waals surface area contributed by atoms with Crippen LogP contribution in [0.25, 0.3) is 0 Å². The van der Waals surface area contributed by atoms with Crippen LogP contribution in [0.15, 0.2) is 24.3 Å². The van der Waals surface area contributed by atoms with E-state index in [9.17, 15) is 0 Å². The average Bonchev–Trinajstić information content (AvgIpc) is 2.38. The van der Waals surface area contributed by atoms with E-state index >= 15 is 0 Å². The first kappa shape index (κ1) is 14.8. The van der Waals surface area contributed by atoms with Crippen molar-refractivity contribution in [3.05, 3.63) is 34.9 Å². The molecule has 3 heteroatoms. The summed E-state index contributed by atoms with van der Waals surface area (Å²) in [6.07, 6.45) is 2.57. The Hall–Kier alpha value is -0.570. The van der Waals surface area contributed by atoms with Crippen LogP contribution < -0.4 is 5.32 Å². The summed E-state index contributed by atoms with van der Waals surface area (Å²) in [5.41, 5.74) is 1.36. The molecule has 1 aromatic rings. The number of hydrogen-bond donors (Lipinski definition) is 1. The van der Waals surface area contributed by atoms with Crippen molar-refractivity contribution in [3.63, 3.8) is 0 Å². The van der Waals surface area contributed by atoms with E-state index in [0.717, 1.165) is 11.6 Å². The van der Waals surface area contributed by atoms with Crippen LogP contribution in [0.1, 0.15) is 45.2 Å². The molecular weight excluding hydrogens is 256 g/mol. The number of likely N-dealkylation sites (tertiary alicyclic amines) is 1. The molecule has 0 bridgehead atoms. The van der Waals surface area contributed by atoms with Gasteiger partial charge >= 0.3 is 0 Å². The Labute approximate surface area is 122 Å². The second-order valence-electron chi connectivity index (χ2n) is 5.88. The van der Waals surface area contributed by atoms with Crippen molar-refractivity contribution < 1.29 is 0 Å². The second kappa shape index (κ2) is 6.74. The van der Waals surface area contributed by atoms with Crippen LogP contribution in [0, 0.1) is 0 Å². The maximum atomic E-state index is 5.96. The Morgan fingerprint density at radius 3 is 2.53 bits per heavy atom. The number of rotatable bonds is 4. The van der Waals surface area contributed by atoms with Crippen LogP contribution in [0.5, 0.6) is 0 Å². The number of nitrogens with zero attached hydrogens (tertiary/aromatic N) is 1. The van der Waals surface area contributed by atoms with Gasteiger partial charge in [-0.3, -0.25) is 4.90 Å². The molecule has 106 valence electrons. The van der Waals surface area contributed by atoms with E-state index in [-0.39, 0.29) is 0 Å². The van der Waals surface area contributed by atoms with Crippen LogP contribution in [0.2, 0.25) is 5.02 Å². The highest BCUT2D eigenvalue weighted by Gasteiger charge is 2.24. The molecule has 19 heavy (non-hydrogen) atoms. The molecule has 0 aromatic heterocycles. The lowest BCUT2D eigenvalue weighted by Gasteiger charge is -2.38. The average molecular weight is 281 g/mol. The number of nitrogens with one attached hydrogen (secondary N) is 1.